The van der Waals surface area contributed by atoms with Crippen LogP contribution in [-0.4, -0.2) is 28.4 Å². The number of aryl methyl sites for hydroxylation is 1. The van der Waals surface area contributed by atoms with Crippen molar-refractivity contribution in [3.05, 3.63) is 34.7 Å². The summed E-state index contributed by atoms with van der Waals surface area (Å²) in [5, 5.41) is 2.54. The van der Waals surface area contributed by atoms with Crippen LogP contribution in [0, 0.1) is 6.07 Å². The van der Waals surface area contributed by atoms with Crippen LogP contribution in [-0.2, 0) is 16.6 Å². The first-order chi connectivity index (χ1) is 9.61. The molecule has 0 fully saturated rings. The number of amides is 1. The monoisotopic (exact) mass is 313 g/mol. The second-order valence-corrected chi connectivity index (χ2v) is 4.49. The number of para-hydroxylation sites is 1. The molecule has 21 heavy (non-hydrogen) atoms. The summed E-state index contributed by atoms with van der Waals surface area (Å²) >= 11 is 0. The van der Waals surface area contributed by atoms with Gasteiger partial charge in [0.15, 0.2) is 0 Å². The van der Waals surface area contributed by atoms with Crippen molar-refractivity contribution in [1.29, 1.82) is 0 Å². The number of rotatable bonds is 5. The summed E-state index contributed by atoms with van der Waals surface area (Å²) in [5.74, 6) is -0.287. The molecule has 1 aromatic heterocycles. The molecule has 0 aliphatic heterocycles. The summed E-state index contributed by atoms with van der Waals surface area (Å²) in [6.45, 7) is 0. The molecule has 1 amide bonds. The van der Waals surface area contributed by atoms with E-state index in [4.69, 9.17) is 0 Å². The van der Waals surface area contributed by atoms with Crippen molar-refractivity contribution < 1.29 is 61.0 Å². The number of carbonyl (C=O) groups is 2. The Morgan fingerprint density at radius 1 is 1.52 bits per heavy atom. The minimum Gasteiger partial charge on any atom is -0.357 e. The molecule has 0 aliphatic carbocycles. The molecule has 1 N–H and O–H groups in total. The van der Waals surface area contributed by atoms with Crippen LogP contribution in [0.2, 0.25) is 0 Å². The van der Waals surface area contributed by atoms with E-state index in [0.29, 0.717) is 11.0 Å². The van der Waals surface area contributed by atoms with Crippen molar-refractivity contribution in [2.45, 2.75) is 18.9 Å². The van der Waals surface area contributed by atoms with Crippen LogP contribution in [0.15, 0.2) is 23.0 Å². The van der Waals surface area contributed by atoms with Gasteiger partial charge in [-0.1, -0.05) is 0 Å². The number of hydrogen-bond donors (Lipinski definition) is 1. The molecular formula is C14H16KN3O3. The maximum Gasteiger partial charge on any atom is 1.00 e. The van der Waals surface area contributed by atoms with Crippen molar-refractivity contribution in [2.24, 2.45) is 7.05 Å². The number of likely N-dealkylation sites (N-methyl/N-ethyl adjacent to an activating group) is 1. The second-order valence-electron chi connectivity index (χ2n) is 4.49. The Morgan fingerprint density at radius 2 is 2.24 bits per heavy atom. The number of benzene rings is 1. The van der Waals surface area contributed by atoms with E-state index in [1.54, 1.807) is 25.2 Å². The third kappa shape index (κ3) is 3.54. The molecule has 1 unspecified atom stereocenters. The molecule has 2 aromatic rings. The topological polar surface area (TPSA) is 73.1 Å². The number of hydrogen-bond acceptors (Lipinski definition) is 3. The molecule has 0 bridgehead atoms. The fourth-order valence-corrected chi connectivity index (χ4v) is 2.31. The van der Waals surface area contributed by atoms with E-state index in [-0.39, 0.29) is 75.8 Å². The normalized spacial score (nSPS) is 11.7. The van der Waals surface area contributed by atoms with E-state index in [9.17, 15) is 14.4 Å². The average Bonchev–Trinajstić information content (AvgIpc) is 2.73. The molecule has 0 aliphatic rings. The fourth-order valence-electron chi connectivity index (χ4n) is 2.31. The van der Waals surface area contributed by atoms with Crippen molar-refractivity contribution >= 4 is 23.2 Å². The second kappa shape index (κ2) is 8.05. The van der Waals surface area contributed by atoms with Crippen LogP contribution in [0.25, 0.3) is 11.0 Å². The van der Waals surface area contributed by atoms with Gasteiger partial charge in [0.2, 0.25) is 5.91 Å². The molecule has 0 radical (unpaired) electrons. The molecule has 2 rings (SSSR count). The van der Waals surface area contributed by atoms with Gasteiger partial charge in [-0.3, -0.25) is 4.79 Å². The molecule has 106 valence electrons. The third-order valence-electron chi connectivity index (χ3n) is 3.32. The first-order valence-corrected chi connectivity index (χ1v) is 6.34. The van der Waals surface area contributed by atoms with E-state index in [1.165, 1.54) is 16.2 Å². The van der Waals surface area contributed by atoms with Gasteiger partial charge in [-0.05, 0) is 17.5 Å². The van der Waals surface area contributed by atoms with Gasteiger partial charge in [0.25, 0.3) is 0 Å². The first kappa shape index (κ1) is 18.3. The standard InChI is InChI=1S/C14H16N3O3.K/c1-15-13(19)12(8-5-9-18)17-11-7-4-3-6-10(11)16(2)14(17)20;/h3-4,7,9,12H,5,8H2,1-2H3,(H,15,19);/q-1;+1. The number of nitrogens with one attached hydrogen (secondary N) is 1. The summed E-state index contributed by atoms with van der Waals surface area (Å²) in [5.41, 5.74) is 0.985. The predicted octanol–water partition coefficient (Wildman–Crippen LogP) is -2.59. The summed E-state index contributed by atoms with van der Waals surface area (Å²) in [6.07, 6.45) is 1.26. The van der Waals surface area contributed by atoms with Gasteiger partial charge in [-0.2, -0.15) is 18.2 Å². The van der Waals surface area contributed by atoms with Crippen LogP contribution in [0.4, 0.5) is 0 Å². The molecule has 1 heterocycles. The van der Waals surface area contributed by atoms with Gasteiger partial charge in [-0.25, -0.2) is 4.79 Å². The Kier molecular flexibility index (Phi) is 7.02. The van der Waals surface area contributed by atoms with E-state index >= 15 is 0 Å². The van der Waals surface area contributed by atoms with Crippen LogP contribution >= 0.6 is 0 Å². The SMILES string of the molecule is CNC(=O)C(CCC=O)n1c(=O)n(C)c2[c-]cccc21.[K+]. The van der Waals surface area contributed by atoms with E-state index in [1.807, 2.05) is 0 Å². The number of aldehydes is 1. The maximum atomic E-state index is 12.4. The molecule has 0 spiro atoms. The predicted molar refractivity (Wildman–Crippen MR) is 74.4 cm³/mol. The largest absolute Gasteiger partial charge is 1.00 e. The van der Waals surface area contributed by atoms with E-state index in [0.717, 1.165) is 6.29 Å². The van der Waals surface area contributed by atoms with Crippen molar-refractivity contribution in [3.63, 3.8) is 0 Å². The zero-order valence-corrected chi connectivity index (χ0v) is 15.5. The smallest absolute Gasteiger partial charge is 0.357 e. The van der Waals surface area contributed by atoms with Crippen LogP contribution in [0.3, 0.4) is 0 Å². The Hall–Kier alpha value is -0.734. The number of nitrogens with zero attached hydrogens (tertiary/aromatic N) is 2. The van der Waals surface area contributed by atoms with Crippen LogP contribution in [0.5, 0.6) is 0 Å². The third-order valence-corrected chi connectivity index (χ3v) is 3.32. The van der Waals surface area contributed by atoms with E-state index < -0.39 is 6.04 Å². The minimum absolute atomic E-state index is 0. The fraction of sp³-hybridized carbons (Fsp3) is 0.357. The van der Waals surface area contributed by atoms with Crippen LogP contribution < -0.4 is 62.4 Å². The Morgan fingerprint density at radius 3 is 2.86 bits per heavy atom. The van der Waals surface area contributed by atoms with Gasteiger partial charge in [-0.15, -0.1) is 6.07 Å². The number of aromatic nitrogens is 2. The Labute approximate surface area is 164 Å². The zero-order valence-electron chi connectivity index (χ0n) is 12.4. The van der Waals surface area contributed by atoms with E-state index in [2.05, 4.69) is 11.4 Å². The van der Waals surface area contributed by atoms with Gasteiger partial charge >= 0.3 is 57.1 Å². The van der Waals surface area contributed by atoms with Crippen LogP contribution in [0.1, 0.15) is 18.9 Å². The summed E-state index contributed by atoms with van der Waals surface area (Å²) in [7, 11) is 3.15. The van der Waals surface area contributed by atoms with Crippen molar-refractivity contribution in [1.82, 2.24) is 14.5 Å². The summed E-state index contributed by atoms with van der Waals surface area (Å²) < 4.78 is 2.88. The number of carbonyl (C=O) groups excluding carboxylic acids is 2. The molecule has 7 heteroatoms. The van der Waals surface area contributed by atoms with Gasteiger partial charge in [0.1, 0.15) is 12.3 Å². The first-order valence-electron chi connectivity index (χ1n) is 6.34. The van der Waals surface area contributed by atoms with Crippen molar-refractivity contribution in [3.8, 4) is 0 Å². The van der Waals surface area contributed by atoms with Crippen molar-refractivity contribution in [2.75, 3.05) is 7.05 Å². The molecule has 6 nitrogen and oxygen atoms in total. The maximum absolute atomic E-state index is 12.4. The average molecular weight is 313 g/mol. The molecule has 0 saturated heterocycles. The molecule has 0 saturated carbocycles. The Bertz CT molecular complexity index is 705. The summed E-state index contributed by atoms with van der Waals surface area (Å²) in [6, 6.07) is 7.54. The Balaban J connectivity index is 0.00000220. The van der Waals surface area contributed by atoms with Gasteiger partial charge in [0.05, 0.1) is 0 Å². The van der Waals surface area contributed by atoms with Gasteiger partial charge < -0.3 is 19.2 Å². The summed E-state index contributed by atoms with van der Waals surface area (Å²) in [4.78, 5) is 34.9. The molecule has 1 atom stereocenters. The minimum atomic E-state index is -0.697. The number of fused-ring (bicyclic) bond motifs is 1. The molecule has 1 aromatic carbocycles. The van der Waals surface area contributed by atoms with Gasteiger partial charge in [0, 0.05) is 20.5 Å². The zero-order chi connectivity index (χ0) is 14.7. The molecular weight excluding hydrogens is 297 g/mol. The number of imidazole rings is 1. The quantitative estimate of drug-likeness (QED) is 0.374.